The summed E-state index contributed by atoms with van der Waals surface area (Å²) in [7, 11) is -2.45. The van der Waals surface area contributed by atoms with E-state index in [1.165, 1.54) is 30.2 Å². The number of nitrogens with zero attached hydrogens (tertiary/aromatic N) is 2. The Balaban J connectivity index is 1.95. The highest BCUT2D eigenvalue weighted by Crippen LogP contribution is 2.31. The number of sulfonamides is 1. The maximum absolute atomic E-state index is 13.8. The van der Waals surface area contributed by atoms with Crippen molar-refractivity contribution in [3.63, 3.8) is 0 Å². The molecule has 1 aliphatic rings. The van der Waals surface area contributed by atoms with Crippen LogP contribution in [0, 0.1) is 0 Å². The third-order valence-electron chi connectivity index (χ3n) is 6.53. The van der Waals surface area contributed by atoms with Crippen molar-refractivity contribution in [1.82, 2.24) is 10.2 Å². The Bertz CT molecular complexity index is 1270. The molecule has 3 rings (SSSR count). The van der Waals surface area contributed by atoms with Gasteiger partial charge in [0, 0.05) is 12.6 Å². The number of carbonyl (C=O) groups excluding carboxylic acids is 2. The molecule has 208 valence electrons. The highest BCUT2D eigenvalue weighted by Gasteiger charge is 2.33. The Morgan fingerprint density at radius 2 is 1.74 bits per heavy atom. The van der Waals surface area contributed by atoms with Crippen LogP contribution in [-0.4, -0.2) is 57.1 Å². The Morgan fingerprint density at radius 1 is 1.05 bits per heavy atom. The summed E-state index contributed by atoms with van der Waals surface area (Å²) >= 11 is 18.5. The van der Waals surface area contributed by atoms with Gasteiger partial charge in [-0.15, -0.1) is 0 Å². The zero-order valence-electron chi connectivity index (χ0n) is 21.5. The van der Waals surface area contributed by atoms with Crippen LogP contribution in [0.1, 0.15) is 44.6 Å². The van der Waals surface area contributed by atoms with Crippen LogP contribution in [0.25, 0.3) is 0 Å². The topological polar surface area (TPSA) is 96.0 Å². The summed E-state index contributed by atoms with van der Waals surface area (Å²) in [5.74, 6) is -0.459. The highest BCUT2D eigenvalue weighted by atomic mass is 35.5. The first kappa shape index (κ1) is 30.3. The van der Waals surface area contributed by atoms with Gasteiger partial charge in [-0.1, -0.05) is 60.6 Å². The van der Waals surface area contributed by atoms with Crippen LogP contribution in [-0.2, 0) is 26.2 Å². The first-order valence-corrected chi connectivity index (χ1v) is 15.3. The van der Waals surface area contributed by atoms with Gasteiger partial charge in [-0.3, -0.25) is 13.9 Å². The van der Waals surface area contributed by atoms with Crippen molar-refractivity contribution >= 4 is 62.3 Å². The van der Waals surface area contributed by atoms with Crippen LogP contribution in [0.15, 0.2) is 36.4 Å². The quantitative estimate of drug-likeness (QED) is 0.376. The molecule has 0 unspecified atom stereocenters. The minimum absolute atomic E-state index is 0.0350. The van der Waals surface area contributed by atoms with Gasteiger partial charge in [0.05, 0.1) is 34.1 Å². The molecular formula is C26H32Cl3N3O5S. The molecule has 1 N–H and O–H groups in total. The first-order chi connectivity index (χ1) is 17.9. The Labute approximate surface area is 239 Å². The van der Waals surface area contributed by atoms with Gasteiger partial charge in [0.15, 0.2) is 0 Å². The van der Waals surface area contributed by atoms with Gasteiger partial charge >= 0.3 is 0 Å². The standard InChI is InChI=1S/C26H32Cl3N3O5S/c1-4-23(26(34)30-18-7-5-6-8-18)31(15-17-9-11-20(27)21(28)13-17)25(33)16-32(38(3,35)36)19-10-12-24(37-2)22(29)14-19/h9-14,18,23H,4-8,15-16H2,1-3H3,(H,30,34)/t23-/m1/s1. The first-order valence-electron chi connectivity index (χ1n) is 12.3. The number of carbonyl (C=O) groups is 2. The van der Waals surface area contributed by atoms with Crippen LogP contribution in [0.5, 0.6) is 5.75 Å². The molecule has 1 fully saturated rings. The molecule has 12 heteroatoms. The summed E-state index contributed by atoms with van der Waals surface area (Å²) in [4.78, 5) is 28.5. The van der Waals surface area contributed by atoms with E-state index < -0.39 is 28.5 Å². The lowest BCUT2D eigenvalue weighted by atomic mass is 10.1. The van der Waals surface area contributed by atoms with E-state index in [-0.39, 0.29) is 29.2 Å². The molecule has 2 amide bonds. The average molecular weight is 605 g/mol. The van der Waals surface area contributed by atoms with E-state index in [1.54, 1.807) is 18.2 Å². The Hall–Kier alpha value is -2.20. The number of hydrogen-bond donors (Lipinski definition) is 1. The summed E-state index contributed by atoms with van der Waals surface area (Å²) in [6.45, 7) is 1.31. The molecule has 0 aliphatic heterocycles. The van der Waals surface area contributed by atoms with E-state index in [9.17, 15) is 18.0 Å². The molecule has 8 nitrogen and oxygen atoms in total. The fraction of sp³-hybridized carbons (Fsp3) is 0.462. The van der Waals surface area contributed by atoms with E-state index in [0.29, 0.717) is 27.8 Å². The fourth-order valence-corrected chi connectivity index (χ4v) is 5.96. The second-order valence-corrected chi connectivity index (χ2v) is 12.4. The molecule has 2 aromatic carbocycles. The summed E-state index contributed by atoms with van der Waals surface area (Å²) in [6.07, 6.45) is 5.21. The SMILES string of the molecule is CC[C@H](C(=O)NC1CCCC1)N(Cc1ccc(Cl)c(Cl)c1)C(=O)CN(c1ccc(OC)c(Cl)c1)S(C)(=O)=O. The molecular weight excluding hydrogens is 573 g/mol. The van der Waals surface area contributed by atoms with Crippen LogP contribution in [0.2, 0.25) is 15.1 Å². The maximum Gasteiger partial charge on any atom is 0.244 e. The van der Waals surface area contributed by atoms with E-state index >= 15 is 0 Å². The number of rotatable bonds is 11. The number of halogens is 3. The van der Waals surface area contributed by atoms with E-state index in [0.717, 1.165) is 36.2 Å². The van der Waals surface area contributed by atoms with Crippen molar-refractivity contribution in [3.8, 4) is 5.75 Å². The van der Waals surface area contributed by atoms with Crippen LogP contribution >= 0.6 is 34.8 Å². The second-order valence-electron chi connectivity index (χ2n) is 9.27. The minimum atomic E-state index is -3.89. The molecule has 38 heavy (non-hydrogen) atoms. The van der Waals surface area contributed by atoms with Gasteiger partial charge in [-0.2, -0.15) is 0 Å². The van der Waals surface area contributed by atoms with Gasteiger partial charge in [0.2, 0.25) is 21.8 Å². The third kappa shape index (κ3) is 7.68. The lowest BCUT2D eigenvalue weighted by Gasteiger charge is -2.33. The Morgan fingerprint density at radius 3 is 2.29 bits per heavy atom. The lowest BCUT2D eigenvalue weighted by Crippen LogP contribution is -2.53. The summed E-state index contributed by atoms with van der Waals surface area (Å²) in [6, 6.07) is 8.65. The number of hydrogen-bond acceptors (Lipinski definition) is 5. The number of benzene rings is 2. The lowest BCUT2D eigenvalue weighted by molar-refractivity contribution is -0.140. The van der Waals surface area contributed by atoms with Crippen molar-refractivity contribution < 1.29 is 22.7 Å². The zero-order chi connectivity index (χ0) is 28.0. The van der Waals surface area contributed by atoms with E-state index in [1.807, 2.05) is 6.92 Å². The van der Waals surface area contributed by atoms with Crippen LogP contribution < -0.4 is 14.4 Å². The largest absolute Gasteiger partial charge is 0.495 e. The van der Waals surface area contributed by atoms with Gasteiger partial charge in [0.25, 0.3) is 0 Å². The second kappa shape index (κ2) is 13.2. The number of amides is 2. The molecule has 0 spiro atoms. The van der Waals surface area contributed by atoms with Crippen LogP contribution in [0.3, 0.4) is 0 Å². The van der Waals surface area contributed by atoms with Crippen molar-refractivity contribution in [2.45, 2.75) is 57.7 Å². The Kier molecular flexibility index (Phi) is 10.6. The normalized spacial score (nSPS) is 14.7. The number of nitrogens with one attached hydrogen (secondary N) is 1. The molecule has 0 bridgehead atoms. The molecule has 1 saturated carbocycles. The number of ether oxygens (including phenoxy) is 1. The van der Waals surface area contributed by atoms with Crippen molar-refractivity contribution in [1.29, 1.82) is 0 Å². The van der Waals surface area contributed by atoms with Gasteiger partial charge < -0.3 is 15.0 Å². The van der Waals surface area contributed by atoms with Crippen molar-refractivity contribution in [3.05, 3.63) is 57.0 Å². The monoisotopic (exact) mass is 603 g/mol. The maximum atomic E-state index is 13.8. The van der Waals surface area contributed by atoms with E-state index in [4.69, 9.17) is 39.5 Å². The fourth-order valence-electron chi connectivity index (χ4n) is 4.55. The molecule has 0 heterocycles. The summed E-state index contributed by atoms with van der Waals surface area (Å²) < 4.78 is 31.7. The number of anilines is 1. The molecule has 0 radical (unpaired) electrons. The molecule has 2 aromatic rings. The van der Waals surface area contributed by atoms with Crippen molar-refractivity contribution in [2.24, 2.45) is 0 Å². The number of methoxy groups -OCH3 is 1. The van der Waals surface area contributed by atoms with Gasteiger partial charge in [-0.05, 0) is 55.2 Å². The molecule has 1 aliphatic carbocycles. The van der Waals surface area contributed by atoms with Crippen molar-refractivity contribution in [2.75, 3.05) is 24.2 Å². The van der Waals surface area contributed by atoms with Crippen LogP contribution in [0.4, 0.5) is 5.69 Å². The molecule has 1 atom stereocenters. The predicted molar refractivity (Wildman–Crippen MR) is 152 cm³/mol. The minimum Gasteiger partial charge on any atom is -0.495 e. The zero-order valence-corrected chi connectivity index (χ0v) is 24.6. The average Bonchev–Trinajstić information content (AvgIpc) is 3.36. The van der Waals surface area contributed by atoms with Gasteiger partial charge in [-0.25, -0.2) is 8.42 Å². The van der Waals surface area contributed by atoms with Gasteiger partial charge in [0.1, 0.15) is 18.3 Å². The highest BCUT2D eigenvalue weighted by molar-refractivity contribution is 7.92. The van der Waals surface area contributed by atoms with E-state index in [2.05, 4.69) is 5.32 Å². The molecule has 0 saturated heterocycles. The predicted octanol–water partition coefficient (Wildman–Crippen LogP) is 5.29. The summed E-state index contributed by atoms with van der Waals surface area (Å²) in [5.41, 5.74) is 0.850. The summed E-state index contributed by atoms with van der Waals surface area (Å²) in [5, 5.41) is 3.93. The molecule has 0 aromatic heterocycles. The third-order valence-corrected chi connectivity index (χ3v) is 8.70. The smallest absolute Gasteiger partial charge is 0.244 e.